The van der Waals surface area contributed by atoms with Crippen molar-refractivity contribution >= 4 is 11.6 Å². The zero-order valence-corrected chi connectivity index (χ0v) is 11.2. The van der Waals surface area contributed by atoms with Crippen LogP contribution in [0.2, 0.25) is 0 Å². The van der Waals surface area contributed by atoms with Crippen LogP contribution in [-0.4, -0.2) is 52.4 Å². The number of nitrogen functional groups attached to an aromatic ring is 1. The Hall–Kier alpha value is -1.62. The second kappa shape index (κ2) is 4.81. The molecule has 0 aromatic carbocycles. The lowest BCUT2D eigenvalue weighted by atomic mass is 10.1. The van der Waals surface area contributed by atoms with Crippen molar-refractivity contribution in [2.75, 3.05) is 25.4 Å². The van der Waals surface area contributed by atoms with Crippen molar-refractivity contribution in [3.8, 4) is 0 Å². The first-order chi connectivity index (χ1) is 9.15. The molecule has 1 aromatic heterocycles. The Morgan fingerprint density at radius 1 is 1.42 bits per heavy atom. The Bertz CT molecular complexity index is 473. The number of nitrogens with zero attached hydrogens (tertiary/aromatic N) is 3. The van der Waals surface area contributed by atoms with Crippen LogP contribution >= 0.6 is 0 Å². The quantitative estimate of drug-likeness (QED) is 0.817. The first-order valence-corrected chi connectivity index (χ1v) is 6.91. The smallest absolute Gasteiger partial charge is 0.272 e. The zero-order chi connectivity index (χ0) is 13.4. The molecule has 3 rings (SSSR count). The molecule has 0 radical (unpaired) electrons. The summed E-state index contributed by atoms with van der Waals surface area (Å²) in [6.07, 6.45) is 3.99. The molecule has 2 saturated heterocycles. The number of carbonyl (C=O) groups is 1. The van der Waals surface area contributed by atoms with Crippen LogP contribution in [0.1, 0.15) is 30.3 Å². The highest BCUT2D eigenvalue weighted by atomic mass is 16.2. The van der Waals surface area contributed by atoms with E-state index in [0.29, 0.717) is 17.4 Å². The second-order valence-electron chi connectivity index (χ2n) is 5.57. The molecule has 0 bridgehead atoms. The van der Waals surface area contributed by atoms with Gasteiger partial charge in [0.05, 0.1) is 11.9 Å². The molecule has 2 N–H and O–H groups in total. The van der Waals surface area contributed by atoms with Crippen LogP contribution in [0.5, 0.6) is 0 Å². The van der Waals surface area contributed by atoms with E-state index in [4.69, 9.17) is 5.73 Å². The van der Waals surface area contributed by atoms with Gasteiger partial charge in [-0.25, -0.2) is 4.98 Å². The van der Waals surface area contributed by atoms with Gasteiger partial charge in [0.2, 0.25) is 0 Å². The summed E-state index contributed by atoms with van der Waals surface area (Å²) in [5.74, 6) is 0.0269. The van der Waals surface area contributed by atoms with Gasteiger partial charge < -0.3 is 10.6 Å². The highest BCUT2D eigenvalue weighted by Gasteiger charge is 2.36. The van der Waals surface area contributed by atoms with Crippen molar-refractivity contribution in [2.45, 2.75) is 31.8 Å². The Morgan fingerprint density at radius 2 is 2.26 bits per heavy atom. The van der Waals surface area contributed by atoms with Crippen molar-refractivity contribution in [2.24, 2.45) is 0 Å². The van der Waals surface area contributed by atoms with Gasteiger partial charge in [-0.2, -0.15) is 0 Å². The number of hydrogen-bond donors (Lipinski definition) is 1. The summed E-state index contributed by atoms with van der Waals surface area (Å²) in [6, 6.07) is 4.23. The molecule has 5 nitrogen and oxygen atoms in total. The molecular formula is C14H20N4O. The summed E-state index contributed by atoms with van der Waals surface area (Å²) >= 11 is 0. The third kappa shape index (κ3) is 2.30. The van der Waals surface area contributed by atoms with Crippen LogP contribution < -0.4 is 5.73 Å². The summed E-state index contributed by atoms with van der Waals surface area (Å²) in [5.41, 5.74) is 6.69. The van der Waals surface area contributed by atoms with Crippen LogP contribution in [0.25, 0.3) is 0 Å². The third-order valence-electron chi connectivity index (χ3n) is 4.20. The van der Waals surface area contributed by atoms with E-state index >= 15 is 0 Å². The highest BCUT2D eigenvalue weighted by molar-refractivity contribution is 5.92. The Kier molecular flexibility index (Phi) is 3.14. The molecule has 2 aliphatic heterocycles. The molecular weight excluding hydrogens is 240 g/mol. The van der Waals surface area contributed by atoms with Gasteiger partial charge >= 0.3 is 0 Å². The van der Waals surface area contributed by atoms with Crippen molar-refractivity contribution in [1.29, 1.82) is 0 Å². The number of piperazine rings is 1. The van der Waals surface area contributed by atoms with Crippen molar-refractivity contribution < 1.29 is 4.79 Å². The molecule has 0 spiro atoms. The zero-order valence-electron chi connectivity index (χ0n) is 11.2. The van der Waals surface area contributed by atoms with Crippen LogP contribution in [0.4, 0.5) is 5.69 Å². The van der Waals surface area contributed by atoms with E-state index in [-0.39, 0.29) is 11.9 Å². The van der Waals surface area contributed by atoms with Gasteiger partial charge in [-0.05, 0) is 38.4 Å². The summed E-state index contributed by atoms with van der Waals surface area (Å²) in [6.45, 7) is 5.10. The SMILES string of the molecule is CC1CN2CCCC2CN1C(=O)c1ccc(N)cn1. The van der Waals surface area contributed by atoms with Gasteiger partial charge in [0.1, 0.15) is 5.69 Å². The molecule has 19 heavy (non-hydrogen) atoms. The second-order valence-corrected chi connectivity index (χ2v) is 5.57. The van der Waals surface area contributed by atoms with E-state index in [1.807, 2.05) is 4.90 Å². The number of rotatable bonds is 1. The lowest BCUT2D eigenvalue weighted by molar-refractivity contribution is 0.0390. The van der Waals surface area contributed by atoms with Gasteiger partial charge in [0, 0.05) is 25.2 Å². The molecule has 0 aliphatic carbocycles. The number of anilines is 1. The average Bonchev–Trinajstić information content (AvgIpc) is 2.85. The van der Waals surface area contributed by atoms with Crippen LogP contribution in [0.15, 0.2) is 18.3 Å². The number of hydrogen-bond acceptors (Lipinski definition) is 4. The maximum Gasteiger partial charge on any atom is 0.272 e. The van der Waals surface area contributed by atoms with E-state index in [1.54, 1.807) is 18.3 Å². The maximum atomic E-state index is 12.5. The van der Waals surface area contributed by atoms with Gasteiger partial charge in [-0.3, -0.25) is 9.69 Å². The minimum absolute atomic E-state index is 0.0269. The molecule has 1 aromatic rings. The van der Waals surface area contributed by atoms with E-state index in [9.17, 15) is 4.79 Å². The average molecular weight is 260 g/mol. The van der Waals surface area contributed by atoms with E-state index in [0.717, 1.165) is 13.1 Å². The van der Waals surface area contributed by atoms with Crippen molar-refractivity contribution in [1.82, 2.24) is 14.8 Å². The molecule has 2 fully saturated rings. The first kappa shape index (κ1) is 12.4. The number of aromatic nitrogens is 1. The predicted molar refractivity (Wildman–Crippen MR) is 73.7 cm³/mol. The van der Waals surface area contributed by atoms with Crippen LogP contribution in [-0.2, 0) is 0 Å². The normalized spacial score (nSPS) is 27.3. The topological polar surface area (TPSA) is 62.5 Å². The molecule has 2 aliphatic rings. The van der Waals surface area contributed by atoms with Gasteiger partial charge in [0.15, 0.2) is 0 Å². The molecule has 0 saturated carbocycles. The summed E-state index contributed by atoms with van der Waals surface area (Å²) in [7, 11) is 0. The Balaban J connectivity index is 1.77. The largest absolute Gasteiger partial charge is 0.397 e. The Morgan fingerprint density at radius 3 is 3.00 bits per heavy atom. The molecule has 2 unspecified atom stereocenters. The number of pyridine rings is 1. The monoisotopic (exact) mass is 260 g/mol. The number of nitrogens with two attached hydrogens (primary N) is 1. The molecule has 2 atom stereocenters. The first-order valence-electron chi connectivity index (χ1n) is 6.91. The predicted octanol–water partition coefficient (Wildman–Crippen LogP) is 0.972. The van der Waals surface area contributed by atoms with Gasteiger partial charge in [-0.1, -0.05) is 0 Å². The molecule has 5 heteroatoms. The van der Waals surface area contributed by atoms with E-state index in [2.05, 4.69) is 16.8 Å². The number of amides is 1. The van der Waals surface area contributed by atoms with Crippen molar-refractivity contribution in [3.05, 3.63) is 24.0 Å². The van der Waals surface area contributed by atoms with Crippen molar-refractivity contribution in [3.63, 3.8) is 0 Å². The lowest BCUT2D eigenvalue weighted by Gasteiger charge is -2.42. The van der Waals surface area contributed by atoms with Gasteiger partial charge in [0.25, 0.3) is 5.91 Å². The fourth-order valence-electron chi connectivity index (χ4n) is 3.15. The minimum atomic E-state index is 0.0269. The van der Waals surface area contributed by atoms with Crippen LogP contribution in [0.3, 0.4) is 0 Å². The van der Waals surface area contributed by atoms with Gasteiger partial charge in [-0.15, -0.1) is 0 Å². The van der Waals surface area contributed by atoms with Crippen LogP contribution in [0, 0.1) is 0 Å². The highest BCUT2D eigenvalue weighted by Crippen LogP contribution is 2.25. The number of fused-ring (bicyclic) bond motifs is 1. The summed E-state index contributed by atoms with van der Waals surface area (Å²) in [4.78, 5) is 21.1. The maximum absolute atomic E-state index is 12.5. The molecule has 1 amide bonds. The lowest BCUT2D eigenvalue weighted by Crippen LogP contribution is -2.56. The summed E-state index contributed by atoms with van der Waals surface area (Å²) in [5, 5.41) is 0. The number of carbonyl (C=O) groups excluding carboxylic acids is 1. The Labute approximate surface area is 113 Å². The standard InChI is InChI=1S/C14H20N4O/c1-10-8-17-6-2-3-12(17)9-18(10)14(19)13-5-4-11(15)7-16-13/h4-5,7,10,12H,2-3,6,8-9,15H2,1H3. The fourth-order valence-corrected chi connectivity index (χ4v) is 3.15. The minimum Gasteiger partial charge on any atom is -0.397 e. The molecule has 3 heterocycles. The summed E-state index contributed by atoms with van der Waals surface area (Å²) < 4.78 is 0. The third-order valence-corrected chi connectivity index (χ3v) is 4.20. The van der Waals surface area contributed by atoms with E-state index < -0.39 is 0 Å². The molecule has 102 valence electrons. The van der Waals surface area contributed by atoms with E-state index in [1.165, 1.54) is 19.4 Å². The fraction of sp³-hybridized carbons (Fsp3) is 0.571.